The summed E-state index contributed by atoms with van der Waals surface area (Å²) in [4.78, 5) is 15.0. The van der Waals surface area contributed by atoms with Gasteiger partial charge in [0.1, 0.15) is 0 Å². The van der Waals surface area contributed by atoms with Crippen LogP contribution in [0.5, 0.6) is 0 Å². The standard InChI is InChI=1S/C12H20N8O/c1-9(2)19(7-8-21-3)11-15-10(18-13)16-12(17-11)20-6-4-5-14-20/h4-6,9H,7-8,13H2,1-3H3,(H,15,16,17,18). The Bertz CT molecular complexity index is 556. The molecule has 0 atom stereocenters. The van der Waals surface area contributed by atoms with Gasteiger partial charge in [-0.15, -0.1) is 0 Å². The number of hydrazine groups is 1. The van der Waals surface area contributed by atoms with Gasteiger partial charge in [0.25, 0.3) is 5.95 Å². The van der Waals surface area contributed by atoms with Gasteiger partial charge < -0.3 is 9.64 Å². The molecular formula is C12H20N8O. The first-order chi connectivity index (χ1) is 10.2. The lowest BCUT2D eigenvalue weighted by Crippen LogP contribution is -2.36. The summed E-state index contributed by atoms with van der Waals surface area (Å²) in [6, 6.07) is 2.00. The van der Waals surface area contributed by atoms with E-state index in [1.165, 1.54) is 0 Å². The van der Waals surface area contributed by atoms with E-state index < -0.39 is 0 Å². The number of anilines is 2. The van der Waals surface area contributed by atoms with Gasteiger partial charge in [0.15, 0.2) is 0 Å². The van der Waals surface area contributed by atoms with Gasteiger partial charge in [-0.25, -0.2) is 10.5 Å². The van der Waals surface area contributed by atoms with Gasteiger partial charge in [0.05, 0.1) is 6.61 Å². The Morgan fingerprint density at radius 2 is 2.19 bits per heavy atom. The van der Waals surface area contributed by atoms with Crippen molar-refractivity contribution in [3.05, 3.63) is 18.5 Å². The molecule has 0 radical (unpaired) electrons. The van der Waals surface area contributed by atoms with E-state index in [-0.39, 0.29) is 12.0 Å². The lowest BCUT2D eigenvalue weighted by atomic mass is 10.3. The third kappa shape index (κ3) is 3.64. The molecule has 0 fully saturated rings. The fourth-order valence-electron chi connectivity index (χ4n) is 1.82. The zero-order valence-electron chi connectivity index (χ0n) is 12.4. The Hall–Kier alpha value is -2.26. The van der Waals surface area contributed by atoms with Crippen LogP contribution in [0.4, 0.5) is 11.9 Å². The number of nitrogens with one attached hydrogen (secondary N) is 1. The highest BCUT2D eigenvalue weighted by Gasteiger charge is 2.17. The van der Waals surface area contributed by atoms with Crippen LogP contribution in [0.1, 0.15) is 13.8 Å². The van der Waals surface area contributed by atoms with Gasteiger partial charge in [0, 0.05) is 32.1 Å². The quantitative estimate of drug-likeness (QED) is 0.550. The number of rotatable bonds is 7. The molecule has 0 unspecified atom stereocenters. The number of nitrogens with two attached hydrogens (primary N) is 1. The average Bonchev–Trinajstić information content (AvgIpc) is 3.01. The van der Waals surface area contributed by atoms with Gasteiger partial charge in [0.2, 0.25) is 11.9 Å². The predicted molar refractivity (Wildman–Crippen MR) is 79.1 cm³/mol. The van der Waals surface area contributed by atoms with E-state index in [1.807, 2.05) is 4.90 Å². The molecule has 2 heterocycles. The summed E-state index contributed by atoms with van der Waals surface area (Å²) in [6.45, 7) is 5.36. The van der Waals surface area contributed by atoms with Crippen LogP contribution < -0.4 is 16.2 Å². The second kappa shape index (κ2) is 6.95. The van der Waals surface area contributed by atoms with E-state index in [1.54, 1.807) is 30.3 Å². The first-order valence-electron chi connectivity index (χ1n) is 6.64. The summed E-state index contributed by atoms with van der Waals surface area (Å²) in [5.41, 5.74) is 2.46. The zero-order valence-corrected chi connectivity index (χ0v) is 12.4. The molecule has 0 aliphatic heterocycles. The van der Waals surface area contributed by atoms with E-state index in [4.69, 9.17) is 10.6 Å². The van der Waals surface area contributed by atoms with Crippen molar-refractivity contribution in [2.75, 3.05) is 30.6 Å². The third-order valence-corrected chi connectivity index (χ3v) is 2.87. The van der Waals surface area contributed by atoms with Crippen molar-refractivity contribution in [1.82, 2.24) is 24.7 Å². The van der Waals surface area contributed by atoms with Crippen molar-refractivity contribution in [3.63, 3.8) is 0 Å². The fourth-order valence-corrected chi connectivity index (χ4v) is 1.82. The molecule has 2 aromatic heterocycles. The first kappa shape index (κ1) is 15.1. The molecule has 0 bridgehead atoms. The summed E-state index contributed by atoms with van der Waals surface area (Å²) in [5, 5.41) is 4.12. The summed E-state index contributed by atoms with van der Waals surface area (Å²) in [5.74, 6) is 6.65. The molecular weight excluding hydrogens is 272 g/mol. The molecule has 2 aromatic rings. The monoisotopic (exact) mass is 292 g/mol. The second-order valence-electron chi connectivity index (χ2n) is 4.63. The Kier molecular flexibility index (Phi) is 5.01. The van der Waals surface area contributed by atoms with Crippen molar-refractivity contribution in [2.45, 2.75) is 19.9 Å². The third-order valence-electron chi connectivity index (χ3n) is 2.87. The van der Waals surface area contributed by atoms with Gasteiger partial charge in [-0.1, -0.05) is 0 Å². The SMILES string of the molecule is COCCN(c1nc(NN)nc(-n2cccn2)n1)C(C)C. The normalized spacial score (nSPS) is 10.9. The number of nitrogens with zero attached hydrogens (tertiary/aromatic N) is 6. The van der Waals surface area contributed by atoms with Crippen molar-refractivity contribution in [3.8, 4) is 5.95 Å². The van der Waals surface area contributed by atoms with Crippen molar-refractivity contribution < 1.29 is 4.74 Å². The van der Waals surface area contributed by atoms with E-state index in [9.17, 15) is 0 Å². The fraction of sp³-hybridized carbons (Fsp3) is 0.500. The molecule has 9 heteroatoms. The van der Waals surface area contributed by atoms with Crippen LogP contribution in [0.3, 0.4) is 0 Å². The largest absolute Gasteiger partial charge is 0.383 e. The predicted octanol–water partition coefficient (Wildman–Crippen LogP) is 0.204. The number of nitrogen functional groups attached to an aromatic ring is 1. The Labute approximate surface area is 123 Å². The first-order valence-corrected chi connectivity index (χ1v) is 6.64. The lowest BCUT2D eigenvalue weighted by molar-refractivity contribution is 0.203. The van der Waals surface area contributed by atoms with Gasteiger partial charge in [-0.05, 0) is 19.9 Å². The minimum absolute atomic E-state index is 0.207. The second-order valence-corrected chi connectivity index (χ2v) is 4.63. The maximum absolute atomic E-state index is 5.44. The molecule has 0 spiro atoms. The van der Waals surface area contributed by atoms with Crippen molar-refractivity contribution >= 4 is 11.9 Å². The number of aromatic nitrogens is 5. The van der Waals surface area contributed by atoms with Crippen molar-refractivity contribution in [2.24, 2.45) is 5.84 Å². The maximum Gasteiger partial charge on any atom is 0.257 e. The highest BCUT2D eigenvalue weighted by atomic mass is 16.5. The molecule has 0 aliphatic carbocycles. The molecule has 114 valence electrons. The highest BCUT2D eigenvalue weighted by molar-refractivity contribution is 5.40. The molecule has 21 heavy (non-hydrogen) atoms. The lowest BCUT2D eigenvalue weighted by Gasteiger charge is -2.26. The van der Waals surface area contributed by atoms with Crippen LogP contribution in [0, 0.1) is 0 Å². The van der Waals surface area contributed by atoms with Crippen molar-refractivity contribution in [1.29, 1.82) is 0 Å². The van der Waals surface area contributed by atoms with Gasteiger partial charge in [-0.2, -0.15) is 20.1 Å². The van der Waals surface area contributed by atoms with Crippen LogP contribution in [0.25, 0.3) is 5.95 Å². The molecule has 0 amide bonds. The summed E-state index contributed by atoms with van der Waals surface area (Å²) < 4.78 is 6.69. The van der Waals surface area contributed by atoms with Crippen LogP contribution in [-0.4, -0.2) is 51.0 Å². The number of methoxy groups -OCH3 is 1. The molecule has 9 nitrogen and oxygen atoms in total. The smallest absolute Gasteiger partial charge is 0.257 e. The number of ether oxygens (including phenoxy) is 1. The molecule has 0 aliphatic rings. The van der Waals surface area contributed by atoms with Gasteiger partial charge >= 0.3 is 0 Å². The molecule has 3 N–H and O–H groups in total. The molecule has 0 aromatic carbocycles. The number of hydrogen-bond acceptors (Lipinski definition) is 8. The van der Waals surface area contributed by atoms with E-state index in [0.717, 1.165) is 0 Å². The number of hydrogen-bond donors (Lipinski definition) is 2. The molecule has 0 saturated heterocycles. The van der Waals surface area contributed by atoms with E-state index in [2.05, 4.69) is 39.3 Å². The molecule has 2 rings (SSSR count). The summed E-state index contributed by atoms with van der Waals surface area (Å²) in [6.07, 6.45) is 3.42. The zero-order chi connectivity index (χ0) is 15.2. The molecule has 0 saturated carbocycles. The summed E-state index contributed by atoms with van der Waals surface area (Å²) >= 11 is 0. The van der Waals surface area contributed by atoms with E-state index in [0.29, 0.717) is 25.0 Å². The minimum Gasteiger partial charge on any atom is -0.383 e. The van der Waals surface area contributed by atoms with Crippen LogP contribution >= 0.6 is 0 Å². The topological polar surface area (TPSA) is 107 Å². The Balaban J connectivity index is 2.39. The van der Waals surface area contributed by atoms with Crippen LogP contribution in [-0.2, 0) is 4.74 Å². The van der Waals surface area contributed by atoms with Crippen LogP contribution in [0.15, 0.2) is 18.5 Å². The minimum atomic E-state index is 0.207. The van der Waals surface area contributed by atoms with Crippen LogP contribution in [0.2, 0.25) is 0 Å². The van der Waals surface area contributed by atoms with Gasteiger partial charge in [-0.3, -0.25) is 5.43 Å². The maximum atomic E-state index is 5.44. The summed E-state index contributed by atoms with van der Waals surface area (Å²) in [7, 11) is 1.66. The Morgan fingerprint density at radius 3 is 2.76 bits per heavy atom. The Morgan fingerprint density at radius 1 is 1.38 bits per heavy atom. The average molecular weight is 292 g/mol. The van der Waals surface area contributed by atoms with E-state index >= 15 is 0 Å². The highest BCUT2D eigenvalue weighted by Crippen LogP contribution is 2.15.